The van der Waals surface area contributed by atoms with E-state index < -0.39 is 0 Å². The number of rotatable bonds is 8. The van der Waals surface area contributed by atoms with Crippen LogP contribution in [0.3, 0.4) is 0 Å². The van der Waals surface area contributed by atoms with Gasteiger partial charge >= 0.3 is 0 Å². The highest BCUT2D eigenvalue weighted by Gasteiger charge is 2.08. The highest BCUT2D eigenvalue weighted by atomic mass is 32.2. The summed E-state index contributed by atoms with van der Waals surface area (Å²) in [5, 5.41) is 13.6. The first-order valence-corrected chi connectivity index (χ1v) is 10.3. The van der Waals surface area contributed by atoms with E-state index in [-0.39, 0.29) is 5.91 Å². The van der Waals surface area contributed by atoms with Gasteiger partial charge in [-0.05, 0) is 29.8 Å². The standard InChI is InChI=1S/C20H17N3O2S2/c21-9-15-5-7-16(8-6-15)11-26-13-20(24)23-18-3-1-2-4-19(18)25-10-17-12-27-14-22-17/h1-8,12,14H,10-11,13H2,(H,23,24). The highest BCUT2D eigenvalue weighted by Crippen LogP contribution is 2.25. The Balaban J connectivity index is 1.49. The molecule has 5 nitrogen and oxygen atoms in total. The van der Waals surface area contributed by atoms with Crippen LogP contribution in [0.4, 0.5) is 5.69 Å². The molecule has 2 aromatic carbocycles. The minimum absolute atomic E-state index is 0.0849. The van der Waals surface area contributed by atoms with Gasteiger partial charge in [0.2, 0.25) is 5.91 Å². The van der Waals surface area contributed by atoms with E-state index in [2.05, 4.69) is 16.4 Å². The number of amides is 1. The highest BCUT2D eigenvalue weighted by molar-refractivity contribution is 7.99. The molecule has 1 amide bonds. The molecule has 136 valence electrons. The van der Waals surface area contributed by atoms with Crippen LogP contribution < -0.4 is 10.1 Å². The number of thiazole rings is 1. The van der Waals surface area contributed by atoms with Crippen LogP contribution in [0, 0.1) is 11.3 Å². The summed E-state index contributed by atoms with van der Waals surface area (Å²) in [5.41, 5.74) is 4.99. The van der Waals surface area contributed by atoms with Crippen LogP contribution in [0.5, 0.6) is 5.75 Å². The second-order valence-corrected chi connectivity index (χ2v) is 7.32. The van der Waals surface area contributed by atoms with Crippen molar-refractivity contribution in [2.24, 2.45) is 0 Å². The van der Waals surface area contributed by atoms with E-state index in [1.165, 1.54) is 23.1 Å². The van der Waals surface area contributed by atoms with E-state index in [0.717, 1.165) is 11.3 Å². The lowest BCUT2D eigenvalue weighted by atomic mass is 10.2. The molecule has 27 heavy (non-hydrogen) atoms. The number of aromatic nitrogens is 1. The molecule has 0 aliphatic heterocycles. The van der Waals surface area contributed by atoms with Gasteiger partial charge in [0.15, 0.2) is 0 Å². The van der Waals surface area contributed by atoms with Crippen molar-refractivity contribution in [3.63, 3.8) is 0 Å². The maximum atomic E-state index is 12.2. The first kappa shape index (κ1) is 19.0. The first-order valence-electron chi connectivity index (χ1n) is 8.20. The molecule has 1 aromatic heterocycles. The zero-order valence-corrected chi connectivity index (χ0v) is 16.1. The number of nitrogens with one attached hydrogen (secondary N) is 1. The summed E-state index contributed by atoms with van der Waals surface area (Å²) >= 11 is 3.04. The molecular formula is C20H17N3O2S2. The molecular weight excluding hydrogens is 378 g/mol. The summed E-state index contributed by atoms with van der Waals surface area (Å²) in [6.45, 7) is 0.365. The fourth-order valence-corrected chi connectivity index (χ4v) is 3.61. The van der Waals surface area contributed by atoms with Gasteiger partial charge in [0.1, 0.15) is 12.4 Å². The largest absolute Gasteiger partial charge is 0.485 e. The summed E-state index contributed by atoms with van der Waals surface area (Å²) in [4.78, 5) is 16.4. The molecule has 0 unspecified atom stereocenters. The normalized spacial score (nSPS) is 10.2. The number of ether oxygens (including phenoxy) is 1. The van der Waals surface area contributed by atoms with Crippen LogP contribution in [0.2, 0.25) is 0 Å². The number of carbonyl (C=O) groups is 1. The second kappa shape index (κ2) is 9.76. The lowest BCUT2D eigenvalue weighted by Gasteiger charge is -2.11. The topological polar surface area (TPSA) is 75.0 Å². The predicted octanol–water partition coefficient (Wildman–Crippen LogP) is 4.47. The number of carbonyl (C=O) groups excluding carboxylic acids is 1. The molecule has 0 bridgehead atoms. The van der Waals surface area contributed by atoms with Crippen molar-refractivity contribution >= 4 is 34.7 Å². The Morgan fingerprint density at radius 1 is 1.22 bits per heavy atom. The fraction of sp³-hybridized carbons (Fsp3) is 0.150. The van der Waals surface area contributed by atoms with Gasteiger partial charge in [-0.25, -0.2) is 4.98 Å². The van der Waals surface area contributed by atoms with Crippen molar-refractivity contribution < 1.29 is 9.53 Å². The van der Waals surface area contributed by atoms with Gasteiger partial charge in [-0.3, -0.25) is 4.79 Å². The SMILES string of the molecule is N#Cc1ccc(CSCC(=O)Nc2ccccc2OCc2cscn2)cc1. The fourth-order valence-electron chi connectivity index (χ4n) is 2.28. The van der Waals surface area contributed by atoms with Crippen molar-refractivity contribution in [1.29, 1.82) is 5.26 Å². The molecule has 0 aliphatic rings. The minimum Gasteiger partial charge on any atom is -0.485 e. The molecule has 0 saturated carbocycles. The smallest absolute Gasteiger partial charge is 0.234 e. The second-order valence-electron chi connectivity index (χ2n) is 5.61. The maximum Gasteiger partial charge on any atom is 0.234 e. The quantitative estimate of drug-likeness (QED) is 0.609. The Bertz CT molecular complexity index is 919. The van der Waals surface area contributed by atoms with E-state index in [4.69, 9.17) is 10.00 Å². The molecule has 1 N–H and O–H groups in total. The number of hydrogen-bond donors (Lipinski definition) is 1. The van der Waals surface area contributed by atoms with Gasteiger partial charge in [0.25, 0.3) is 0 Å². The third kappa shape index (κ3) is 5.84. The molecule has 0 atom stereocenters. The van der Waals surface area contributed by atoms with Crippen molar-refractivity contribution in [1.82, 2.24) is 4.98 Å². The van der Waals surface area contributed by atoms with E-state index in [1.807, 2.05) is 41.8 Å². The Labute approximate surface area is 166 Å². The average Bonchev–Trinajstić information content (AvgIpc) is 3.21. The number of thioether (sulfide) groups is 1. The predicted molar refractivity (Wildman–Crippen MR) is 109 cm³/mol. The monoisotopic (exact) mass is 395 g/mol. The van der Waals surface area contributed by atoms with Crippen LogP contribution in [-0.4, -0.2) is 16.6 Å². The zero-order valence-electron chi connectivity index (χ0n) is 14.4. The van der Waals surface area contributed by atoms with Gasteiger partial charge in [-0.2, -0.15) is 5.26 Å². The van der Waals surface area contributed by atoms with Gasteiger partial charge in [-0.1, -0.05) is 24.3 Å². The van der Waals surface area contributed by atoms with Gasteiger partial charge in [0, 0.05) is 11.1 Å². The lowest BCUT2D eigenvalue weighted by Crippen LogP contribution is -2.15. The number of hydrogen-bond acceptors (Lipinski definition) is 6. The summed E-state index contributed by atoms with van der Waals surface area (Å²) in [6, 6.07) is 16.8. The molecule has 3 rings (SSSR count). The molecule has 0 spiro atoms. The van der Waals surface area contributed by atoms with Gasteiger partial charge < -0.3 is 10.1 Å². The molecule has 0 radical (unpaired) electrons. The van der Waals surface area contributed by atoms with Crippen molar-refractivity contribution in [3.8, 4) is 11.8 Å². The van der Waals surface area contributed by atoms with Crippen LogP contribution in [0.15, 0.2) is 59.4 Å². The summed E-state index contributed by atoms with van der Waals surface area (Å²) in [5.74, 6) is 1.58. The van der Waals surface area contributed by atoms with Crippen LogP contribution in [0.1, 0.15) is 16.8 Å². The van der Waals surface area contributed by atoms with Crippen LogP contribution >= 0.6 is 23.1 Å². The van der Waals surface area contributed by atoms with E-state index >= 15 is 0 Å². The van der Waals surface area contributed by atoms with Gasteiger partial charge in [-0.15, -0.1) is 23.1 Å². The molecule has 7 heteroatoms. The van der Waals surface area contributed by atoms with Gasteiger partial charge in [0.05, 0.1) is 34.3 Å². The lowest BCUT2D eigenvalue weighted by molar-refractivity contribution is -0.113. The molecule has 1 heterocycles. The zero-order chi connectivity index (χ0) is 18.9. The number of nitrogens with zero attached hydrogens (tertiary/aromatic N) is 2. The molecule has 0 saturated heterocycles. The third-order valence-electron chi connectivity index (χ3n) is 3.61. The Hall–Kier alpha value is -2.82. The summed E-state index contributed by atoms with van der Waals surface area (Å²) in [6.07, 6.45) is 0. The number of benzene rings is 2. The van der Waals surface area contributed by atoms with E-state index in [1.54, 1.807) is 17.6 Å². The average molecular weight is 396 g/mol. The molecule has 0 fully saturated rings. The summed E-state index contributed by atoms with van der Waals surface area (Å²) < 4.78 is 5.77. The number of anilines is 1. The maximum absolute atomic E-state index is 12.2. The molecule has 0 aliphatic carbocycles. The van der Waals surface area contributed by atoms with Crippen LogP contribution in [-0.2, 0) is 17.2 Å². The number of nitriles is 1. The van der Waals surface area contributed by atoms with Crippen molar-refractivity contribution in [3.05, 3.63) is 76.2 Å². The van der Waals surface area contributed by atoms with Crippen molar-refractivity contribution in [2.45, 2.75) is 12.4 Å². The third-order valence-corrected chi connectivity index (χ3v) is 5.24. The first-order chi connectivity index (χ1) is 13.2. The summed E-state index contributed by atoms with van der Waals surface area (Å²) in [7, 11) is 0. The minimum atomic E-state index is -0.0849. The molecule has 3 aromatic rings. The Kier molecular flexibility index (Phi) is 6.85. The van der Waals surface area contributed by atoms with E-state index in [0.29, 0.717) is 35.1 Å². The van der Waals surface area contributed by atoms with Crippen LogP contribution in [0.25, 0.3) is 0 Å². The van der Waals surface area contributed by atoms with Crippen molar-refractivity contribution in [2.75, 3.05) is 11.1 Å². The Morgan fingerprint density at radius 3 is 2.78 bits per heavy atom. The number of para-hydroxylation sites is 2. The van der Waals surface area contributed by atoms with E-state index in [9.17, 15) is 4.79 Å². The Morgan fingerprint density at radius 2 is 2.04 bits per heavy atom.